The summed E-state index contributed by atoms with van der Waals surface area (Å²) in [5.74, 6) is 3.22. The third kappa shape index (κ3) is 5.35. The third-order valence-electron chi connectivity index (χ3n) is 5.35. The summed E-state index contributed by atoms with van der Waals surface area (Å²) in [6, 6.07) is 17.9. The van der Waals surface area contributed by atoms with Crippen LogP contribution in [0.4, 0.5) is 0 Å². The van der Waals surface area contributed by atoms with Gasteiger partial charge in [-0.2, -0.15) is 0 Å². The van der Waals surface area contributed by atoms with Gasteiger partial charge in [-0.15, -0.1) is 10.2 Å². The van der Waals surface area contributed by atoms with Crippen molar-refractivity contribution in [2.45, 2.75) is 24.0 Å². The predicted octanol–water partition coefficient (Wildman–Crippen LogP) is 5.01. The molecule has 0 unspecified atom stereocenters. The van der Waals surface area contributed by atoms with E-state index in [4.69, 9.17) is 21.1 Å². The van der Waals surface area contributed by atoms with E-state index in [0.717, 1.165) is 46.0 Å². The van der Waals surface area contributed by atoms with E-state index < -0.39 is 0 Å². The quantitative estimate of drug-likeness (QED) is 0.319. The van der Waals surface area contributed by atoms with Crippen molar-refractivity contribution >= 4 is 23.4 Å². The number of nitrogens with zero attached hydrogens (tertiary/aromatic N) is 5. The van der Waals surface area contributed by atoms with Crippen LogP contribution in [-0.4, -0.2) is 44.9 Å². The molecule has 34 heavy (non-hydrogen) atoms. The summed E-state index contributed by atoms with van der Waals surface area (Å²) in [4.78, 5) is 6.29. The van der Waals surface area contributed by atoms with Gasteiger partial charge < -0.3 is 9.47 Å². The lowest BCUT2D eigenvalue weighted by Gasteiger charge is -2.21. The molecule has 5 rings (SSSR count). The fourth-order valence-electron chi connectivity index (χ4n) is 3.79. The molecule has 174 valence electrons. The third-order valence-corrected chi connectivity index (χ3v) is 6.59. The highest BCUT2D eigenvalue weighted by molar-refractivity contribution is 7.98. The van der Waals surface area contributed by atoms with Gasteiger partial charge in [0, 0.05) is 29.7 Å². The molecule has 0 saturated heterocycles. The Morgan fingerprint density at radius 3 is 2.59 bits per heavy atom. The molecule has 3 heterocycles. The fourth-order valence-corrected chi connectivity index (χ4v) is 4.90. The number of fused-ring (bicyclic) bond motifs is 1. The highest BCUT2D eigenvalue weighted by Crippen LogP contribution is 2.31. The summed E-state index contributed by atoms with van der Waals surface area (Å²) in [6.45, 7) is 2.52. The van der Waals surface area contributed by atoms with Crippen LogP contribution in [0.15, 0.2) is 72.1 Å². The molecule has 0 spiro atoms. The van der Waals surface area contributed by atoms with Gasteiger partial charge in [0.2, 0.25) is 0 Å². The van der Waals surface area contributed by atoms with Crippen molar-refractivity contribution in [2.75, 3.05) is 20.3 Å². The van der Waals surface area contributed by atoms with E-state index >= 15 is 0 Å². The zero-order valence-electron chi connectivity index (χ0n) is 18.7. The topological polar surface area (TPSA) is 65.3 Å². The molecule has 2 aromatic carbocycles. The second-order valence-corrected chi connectivity index (χ2v) is 9.39. The Hall–Kier alpha value is -3.07. The van der Waals surface area contributed by atoms with Crippen molar-refractivity contribution in [1.29, 1.82) is 0 Å². The van der Waals surface area contributed by atoms with E-state index in [9.17, 15) is 0 Å². The first-order valence-electron chi connectivity index (χ1n) is 10.9. The summed E-state index contributed by atoms with van der Waals surface area (Å²) in [5.41, 5.74) is 3.27. The molecule has 0 atom stereocenters. The number of pyridine rings is 1. The molecular weight excluding hydrogens is 470 g/mol. The lowest BCUT2D eigenvalue weighted by molar-refractivity contribution is 0.171. The Bertz CT molecular complexity index is 1270. The first-order chi connectivity index (χ1) is 16.7. The minimum Gasteiger partial charge on any atom is -0.486 e. The van der Waals surface area contributed by atoms with Crippen molar-refractivity contribution in [3.05, 3.63) is 89.0 Å². The SMILES string of the molecule is CN(Cc1ccc2c(c1)OCCO2)Cc1nnc(SCc2ccncc2)n1-c1cccc(Cl)c1. The number of aromatic nitrogens is 4. The summed E-state index contributed by atoms with van der Waals surface area (Å²) < 4.78 is 13.4. The summed E-state index contributed by atoms with van der Waals surface area (Å²) >= 11 is 7.95. The molecule has 7 nitrogen and oxygen atoms in total. The largest absolute Gasteiger partial charge is 0.486 e. The Kier molecular flexibility index (Phi) is 6.99. The Balaban J connectivity index is 1.36. The van der Waals surface area contributed by atoms with Gasteiger partial charge in [-0.25, -0.2) is 0 Å². The number of hydrogen-bond acceptors (Lipinski definition) is 7. The molecule has 0 aliphatic carbocycles. The van der Waals surface area contributed by atoms with Crippen LogP contribution in [-0.2, 0) is 18.8 Å². The van der Waals surface area contributed by atoms with Gasteiger partial charge in [0.1, 0.15) is 13.2 Å². The summed E-state index contributed by atoms with van der Waals surface area (Å²) in [7, 11) is 2.07. The van der Waals surface area contributed by atoms with Crippen molar-refractivity contribution in [3.63, 3.8) is 0 Å². The fraction of sp³-hybridized carbons (Fsp3) is 0.240. The van der Waals surface area contributed by atoms with Gasteiger partial charge in [0.25, 0.3) is 0 Å². The van der Waals surface area contributed by atoms with Crippen molar-refractivity contribution in [2.24, 2.45) is 0 Å². The Labute approximate surface area is 207 Å². The molecular formula is C25H24ClN5O2S. The first kappa shape index (κ1) is 22.7. The zero-order chi connectivity index (χ0) is 23.3. The van der Waals surface area contributed by atoms with E-state index in [1.807, 2.05) is 48.5 Å². The van der Waals surface area contributed by atoms with Crippen LogP contribution in [0.25, 0.3) is 5.69 Å². The number of thioether (sulfide) groups is 1. The van der Waals surface area contributed by atoms with Crippen LogP contribution in [0.1, 0.15) is 17.0 Å². The molecule has 1 aliphatic heterocycles. The normalized spacial score (nSPS) is 12.8. The average Bonchev–Trinajstić information content (AvgIpc) is 3.25. The smallest absolute Gasteiger partial charge is 0.196 e. The highest BCUT2D eigenvalue weighted by Gasteiger charge is 2.18. The van der Waals surface area contributed by atoms with Crippen molar-refractivity contribution in [3.8, 4) is 17.2 Å². The van der Waals surface area contributed by atoms with Crippen LogP contribution in [0, 0.1) is 0 Å². The van der Waals surface area contributed by atoms with E-state index in [0.29, 0.717) is 24.8 Å². The second kappa shape index (κ2) is 10.5. The average molecular weight is 494 g/mol. The minimum atomic E-state index is 0.578. The maximum atomic E-state index is 6.31. The number of ether oxygens (including phenoxy) is 2. The molecule has 0 amide bonds. The van der Waals surface area contributed by atoms with Crippen molar-refractivity contribution < 1.29 is 9.47 Å². The summed E-state index contributed by atoms with van der Waals surface area (Å²) in [5, 5.41) is 10.5. The zero-order valence-corrected chi connectivity index (χ0v) is 20.3. The number of rotatable bonds is 8. The van der Waals surface area contributed by atoms with E-state index in [-0.39, 0.29) is 0 Å². The van der Waals surface area contributed by atoms with E-state index in [2.05, 4.69) is 37.8 Å². The Morgan fingerprint density at radius 2 is 1.76 bits per heavy atom. The molecule has 0 N–H and O–H groups in total. The van der Waals surface area contributed by atoms with Gasteiger partial charge in [-0.05, 0) is 60.6 Å². The van der Waals surface area contributed by atoms with Gasteiger partial charge in [-0.3, -0.25) is 14.5 Å². The number of hydrogen-bond donors (Lipinski definition) is 0. The van der Waals surface area contributed by atoms with Gasteiger partial charge >= 0.3 is 0 Å². The molecule has 0 fully saturated rings. The maximum absolute atomic E-state index is 6.31. The number of halogens is 1. The van der Waals surface area contributed by atoms with Crippen LogP contribution in [0.2, 0.25) is 5.02 Å². The summed E-state index contributed by atoms with van der Waals surface area (Å²) in [6.07, 6.45) is 3.60. The standard InChI is InChI=1S/C25H24ClN5O2S/c1-30(15-19-5-6-22-23(13-19)33-12-11-32-22)16-24-28-29-25(34-17-18-7-9-27-10-8-18)31(24)21-4-2-3-20(26)14-21/h2-10,13-14H,11-12,15-17H2,1H3. The van der Waals surface area contributed by atoms with Crippen LogP contribution >= 0.6 is 23.4 Å². The van der Waals surface area contributed by atoms with E-state index in [1.165, 1.54) is 5.56 Å². The van der Waals surface area contributed by atoms with Gasteiger partial charge in [-0.1, -0.05) is 35.5 Å². The molecule has 0 saturated carbocycles. The highest BCUT2D eigenvalue weighted by atomic mass is 35.5. The van der Waals surface area contributed by atoms with Crippen molar-refractivity contribution in [1.82, 2.24) is 24.6 Å². The van der Waals surface area contributed by atoms with Crippen LogP contribution in [0.5, 0.6) is 11.5 Å². The van der Waals surface area contributed by atoms with Gasteiger partial charge in [0.15, 0.2) is 22.5 Å². The molecule has 9 heteroatoms. The van der Waals surface area contributed by atoms with Crippen LogP contribution in [0.3, 0.4) is 0 Å². The molecule has 0 radical (unpaired) electrons. The first-order valence-corrected chi connectivity index (χ1v) is 12.3. The predicted molar refractivity (Wildman–Crippen MR) is 133 cm³/mol. The lowest BCUT2D eigenvalue weighted by Crippen LogP contribution is -2.20. The van der Waals surface area contributed by atoms with Crippen LogP contribution < -0.4 is 9.47 Å². The monoisotopic (exact) mass is 493 g/mol. The molecule has 1 aliphatic rings. The van der Waals surface area contributed by atoms with Gasteiger partial charge in [0.05, 0.1) is 12.2 Å². The molecule has 4 aromatic rings. The second-order valence-electron chi connectivity index (χ2n) is 8.01. The maximum Gasteiger partial charge on any atom is 0.196 e. The Morgan fingerprint density at radius 1 is 0.941 bits per heavy atom. The van der Waals surface area contributed by atoms with E-state index in [1.54, 1.807) is 24.2 Å². The lowest BCUT2D eigenvalue weighted by atomic mass is 10.2. The molecule has 2 aromatic heterocycles. The minimum absolute atomic E-state index is 0.578. The molecule has 0 bridgehead atoms. The number of benzene rings is 2.